The van der Waals surface area contributed by atoms with E-state index in [0.29, 0.717) is 0 Å². The van der Waals surface area contributed by atoms with E-state index in [1.54, 1.807) is 0 Å². The van der Waals surface area contributed by atoms with Crippen molar-refractivity contribution >= 4 is 78.0 Å². The Balaban J connectivity index is 1.02. The van der Waals surface area contributed by atoms with Gasteiger partial charge in [-0.3, -0.25) is 0 Å². The predicted molar refractivity (Wildman–Crippen MR) is 293 cm³/mol. The zero-order valence-corrected chi connectivity index (χ0v) is 38.9. The van der Waals surface area contributed by atoms with Crippen LogP contribution in [-0.4, -0.2) is 0 Å². The van der Waals surface area contributed by atoms with Crippen molar-refractivity contribution in [3.05, 3.63) is 277 Å². The summed E-state index contributed by atoms with van der Waals surface area (Å²) in [4.78, 5) is 4.74. The lowest BCUT2D eigenvalue weighted by atomic mass is 9.66. The van der Waals surface area contributed by atoms with E-state index in [-0.39, 0.29) is 0 Å². The highest BCUT2D eigenvalue weighted by Crippen LogP contribution is 2.63. The van der Waals surface area contributed by atoms with Crippen LogP contribution in [0.5, 0.6) is 11.5 Å². The second kappa shape index (κ2) is 15.7. The molecule has 5 nitrogen and oxygen atoms in total. The highest BCUT2D eigenvalue weighted by Gasteiger charge is 2.51. The molecule has 1 aliphatic heterocycles. The Hall–Kier alpha value is -9.58. The van der Waals surface area contributed by atoms with Crippen molar-refractivity contribution in [3.8, 4) is 33.8 Å². The molecule has 1 spiro atoms. The van der Waals surface area contributed by atoms with E-state index in [0.717, 1.165) is 106 Å². The molecular weight excluding hydrogens is 881 g/mol. The Morgan fingerprint density at radius 3 is 1.58 bits per heavy atom. The minimum atomic E-state index is -0.659. The van der Waals surface area contributed by atoms with Gasteiger partial charge in [0.15, 0.2) is 0 Å². The molecule has 11 aromatic carbocycles. The average Bonchev–Trinajstić information content (AvgIpc) is 4.11. The van der Waals surface area contributed by atoms with Crippen molar-refractivity contribution in [2.24, 2.45) is 0 Å². The first kappa shape index (κ1) is 40.3. The van der Waals surface area contributed by atoms with Crippen LogP contribution in [0.2, 0.25) is 0 Å². The first-order valence-electron chi connectivity index (χ1n) is 24.5. The van der Waals surface area contributed by atoms with Crippen LogP contribution in [-0.2, 0) is 5.41 Å². The van der Waals surface area contributed by atoms with E-state index in [1.807, 2.05) is 18.2 Å². The first-order chi connectivity index (χ1) is 35.7. The van der Waals surface area contributed by atoms with Crippen molar-refractivity contribution in [2.75, 3.05) is 9.80 Å². The van der Waals surface area contributed by atoms with Crippen molar-refractivity contribution in [2.45, 2.75) is 5.41 Å². The normalized spacial score (nSPS) is 12.9. The highest BCUT2D eigenvalue weighted by atomic mass is 16.5. The summed E-state index contributed by atoms with van der Waals surface area (Å²) >= 11 is 0. The van der Waals surface area contributed by atoms with Gasteiger partial charge in [0.05, 0.1) is 22.2 Å². The summed E-state index contributed by atoms with van der Waals surface area (Å²) in [6.07, 6.45) is 0. The van der Waals surface area contributed by atoms with Crippen molar-refractivity contribution in [1.29, 1.82) is 0 Å². The smallest absolute Gasteiger partial charge is 0.139 e. The van der Waals surface area contributed by atoms with E-state index in [4.69, 9.17) is 13.6 Å². The summed E-state index contributed by atoms with van der Waals surface area (Å²) in [7, 11) is 0. The van der Waals surface area contributed by atoms with Gasteiger partial charge in [-0.15, -0.1) is 0 Å². The number of nitrogens with zero attached hydrogens (tertiary/aromatic N) is 2. The molecule has 0 fully saturated rings. The molecule has 0 amide bonds. The molecular formula is C67H42N2O3. The topological polar surface area (TPSA) is 42.0 Å². The third-order valence-electron chi connectivity index (χ3n) is 14.9. The number of furan rings is 2. The van der Waals surface area contributed by atoms with Crippen LogP contribution >= 0.6 is 0 Å². The Kier molecular flexibility index (Phi) is 8.80. The van der Waals surface area contributed by atoms with Crippen LogP contribution in [0.3, 0.4) is 0 Å². The summed E-state index contributed by atoms with van der Waals surface area (Å²) in [5, 5.41) is 4.16. The molecule has 338 valence electrons. The molecule has 2 aromatic heterocycles. The quantitative estimate of drug-likeness (QED) is 0.159. The maximum Gasteiger partial charge on any atom is 0.139 e. The summed E-state index contributed by atoms with van der Waals surface area (Å²) in [5.74, 6) is 1.68. The van der Waals surface area contributed by atoms with E-state index >= 15 is 0 Å². The van der Waals surface area contributed by atoms with Crippen LogP contribution in [0.15, 0.2) is 264 Å². The zero-order chi connectivity index (χ0) is 47.3. The zero-order valence-electron chi connectivity index (χ0n) is 38.9. The molecule has 0 atom stereocenters. The van der Waals surface area contributed by atoms with Gasteiger partial charge in [-0.25, -0.2) is 0 Å². The van der Waals surface area contributed by atoms with Crippen LogP contribution < -0.4 is 14.5 Å². The molecule has 15 rings (SSSR count). The molecule has 3 heterocycles. The van der Waals surface area contributed by atoms with Crippen molar-refractivity contribution < 1.29 is 13.6 Å². The van der Waals surface area contributed by atoms with Crippen LogP contribution in [0.4, 0.5) is 34.1 Å². The lowest BCUT2D eigenvalue weighted by molar-refractivity contribution is 0.436. The van der Waals surface area contributed by atoms with Gasteiger partial charge >= 0.3 is 0 Å². The monoisotopic (exact) mass is 922 g/mol. The number of rotatable bonds is 7. The fourth-order valence-corrected chi connectivity index (χ4v) is 11.8. The van der Waals surface area contributed by atoms with Crippen LogP contribution in [0, 0.1) is 0 Å². The lowest BCUT2D eigenvalue weighted by Crippen LogP contribution is -2.32. The number of para-hydroxylation sites is 4. The number of ether oxygens (including phenoxy) is 1. The number of anilines is 6. The Morgan fingerprint density at radius 1 is 0.292 bits per heavy atom. The van der Waals surface area contributed by atoms with Crippen molar-refractivity contribution in [1.82, 2.24) is 0 Å². The Morgan fingerprint density at radius 2 is 0.819 bits per heavy atom. The Bertz CT molecular complexity index is 4220. The average molecular weight is 923 g/mol. The van der Waals surface area contributed by atoms with Gasteiger partial charge < -0.3 is 23.4 Å². The molecule has 0 N–H and O–H groups in total. The molecule has 2 aliphatic rings. The van der Waals surface area contributed by atoms with E-state index in [1.165, 1.54) is 27.8 Å². The summed E-state index contributed by atoms with van der Waals surface area (Å²) < 4.78 is 20.4. The molecule has 0 unspecified atom stereocenters. The fraction of sp³-hybridized carbons (Fsp3) is 0.0149. The van der Waals surface area contributed by atoms with E-state index < -0.39 is 5.41 Å². The minimum absolute atomic E-state index is 0.659. The third-order valence-corrected chi connectivity index (χ3v) is 14.9. The Labute approximate surface area is 415 Å². The van der Waals surface area contributed by atoms with Gasteiger partial charge in [0.1, 0.15) is 33.8 Å². The predicted octanol–water partition coefficient (Wildman–Crippen LogP) is 18.6. The molecule has 0 saturated carbocycles. The SMILES string of the molecule is c1ccc(-c2ccc(N(c3ccccc3)c3cc(N(c4ccc5c(c4)C4(c6ccccc6O5)c5ccccc5-c5ccccc54)c4ccc5oc6ccccc6c5c4)cc4oc5ccccc5c34)cc2)cc1. The number of benzene rings is 11. The standard InChI is InChI=1S/C67H42N2O3/c1-3-17-43(18-4-1)44-31-33-46(34-32-44)69(45-19-5-2-6-20-45)59-41-49(42-65-66(59)53-24-10-15-29-61(53)71-65)68(47-35-37-62-54(39-47)52-23-9-14-28-60(52)70-62)48-36-38-64-58(40-48)67(57-27-13-16-30-63(57)72-64)55-25-11-7-21-50(55)51-22-8-12-26-56(51)67/h1-42H. The summed E-state index contributed by atoms with van der Waals surface area (Å²) in [6.45, 7) is 0. The maximum atomic E-state index is 6.97. The van der Waals surface area contributed by atoms with Gasteiger partial charge in [-0.2, -0.15) is 0 Å². The fourth-order valence-electron chi connectivity index (χ4n) is 11.8. The molecule has 0 bridgehead atoms. The lowest BCUT2D eigenvalue weighted by Gasteiger charge is -2.40. The van der Waals surface area contributed by atoms with Gasteiger partial charge in [0.25, 0.3) is 0 Å². The van der Waals surface area contributed by atoms with Crippen molar-refractivity contribution in [3.63, 3.8) is 0 Å². The van der Waals surface area contributed by atoms with Gasteiger partial charge in [0, 0.05) is 56.1 Å². The molecule has 13 aromatic rings. The van der Waals surface area contributed by atoms with Gasteiger partial charge in [0.2, 0.25) is 0 Å². The number of fused-ring (bicyclic) bond motifs is 15. The largest absolute Gasteiger partial charge is 0.457 e. The maximum absolute atomic E-state index is 6.97. The number of hydrogen-bond acceptors (Lipinski definition) is 5. The second-order valence-electron chi connectivity index (χ2n) is 18.8. The van der Waals surface area contributed by atoms with Gasteiger partial charge in [-0.05, 0) is 118 Å². The third kappa shape index (κ3) is 5.95. The molecule has 1 aliphatic carbocycles. The van der Waals surface area contributed by atoms with E-state index in [2.05, 4.69) is 246 Å². The highest BCUT2D eigenvalue weighted by molar-refractivity contribution is 6.15. The molecule has 72 heavy (non-hydrogen) atoms. The summed E-state index contributed by atoms with van der Waals surface area (Å²) in [5.41, 5.74) is 17.9. The molecule has 0 radical (unpaired) electrons. The summed E-state index contributed by atoms with van der Waals surface area (Å²) in [6, 6.07) is 90.8. The molecule has 5 heteroatoms. The first-order valence-corrected chi connectivity index (χ1v) is 24.5. The van der Waals surface area contributed by atoms with Crippen LogP contribution in [0.1, 0.15) is 22.3 Å². The van der Waals surface area contributed by atoms with Gasteiger partial charge in [-0.1, -0.05) is 164 Å². The second-order valence-corrected chi connectivity index (χ2v) is 18.8. The number of hydrogen-bond donors (Lipinski definition) is 0. The molecule has 0 saturated heterocycles. The van der Waals surface area contributed by atoms with E-state index in [9.17, 15) is 0 Å². The van der Waals surface area contributed by atoms with Crippen LogP contribution in [0.25, 0.3) is 66.1 Å². The minimum Gasteiger partial charge on any atom is -0.457 e.